The molecule has 2 rings (SSSR count). The smallest absolute Gasteiger partial charge is 0.342 e. The first-order valence-corrected chi connectivity index (χ1v) is 9.50. The Labute approximate surface area is 155 Å². The topological polar surface area (TPSA) is 134 Å². The van der Waals surface area contributed by atoms with Gasteiger partial charge in [-0.3, -0.25) is 0 Å². The van der Waals surface area contributed by atoms with Crippen LogP contribution in [0, 0.1) is 0 Å². The van der Waals surface area contributed by atoms with Crippen LogP contribution in [0.3, 0.4) is 0 Å². The van der Waals surface area contributed by atoms with Crippen LogP contribution >= 0.6 is 21.6 Å². The summed E-state index contributed by atoms with van der Waals surface area (Å²) in [4.78, 5) is 23.5. The molecule has 0 saturated carbocycles. The summed E-state index contributed by atoms with van der Waals surface area (Å²) >= 11 is 0. The summed E-state index contributed by atoms with van der Waals surface area (Å²) in [5.74, 6) is -2.80. The zero-order valence-electron chi connectivity index (χ0n) is 13.1. The minimum Gasteiger partial charge on any atom is -0.508 e. The van der Waals surface area contributed by atoms with Crippen LogP contribution in [0.5, 0.6) is 23.0 Å². The highest BCUT2D eigenvalue weighted by Gasteiger charge is 2.15. The minimum atomic E-state index is -0.812. The monoisotopic (exact) mass is 398 g/mol. The van der Waals surface area contributed by atoms with Gasteiger partial charge in [-0.1, -0.05) is 0 Å². The van der Waals surface area contributed by atoms with Crippen LogP contribution in [0.4, 0.5) is 0 Å². The van der Waals surface area contributed by atoms with Gasteiger partial charge in [0.25, 0.3) is 0 Å². The zero-order chi connectivity index (χ0) is 19.1. The molecule has 4 N–H and O–H groups in total. The van der Waals surface area contributed by atoms with E-state index in [2.05, 4.69) is 0 Å². The molecule has 0 unspecified atom stereocenters. The van der Waals surface area contributed by atoms with Gasteiger partial charge in [-0.2, -0.15) is 0 Å². The lowest BCUT2D eigenvalue weighted by Crippen LogP contribution is -2.06. The van der Waals surface area contributed by atoms with Gasteiger partial charge in [-0.15, -0.1) is 0 Å². The lowest BCUT2D eigenvalue weighted by atomic mass is 10.2. The van der Waals surface area contributed by atoms with Gasteiger partial charge in [0.2, 0.25) is 0 Å². The number of phenols is 4. The van der Waals surface area contributed by atoms with Crippen molar-refractivity contribution in [3.05, 3.63) is 47.5 Å². The van der Waals surface area contributed by atoms with Crippen molar-refractivity contribution in [2.24, 2.45) is 0 Å². The average Bonchev–Trinajstić information content (AvgIpc) is 2.61. The number of benzene rings is 2. The van der Waals surface area contributed by atoms with E-state index < -0.39 is 11.9 Å². The molecule has 0 heterocycles. The number of rotatable bonds is 7. The molecule has 0 aliphatic heterocycles. The lowest BCUT2D eigenvalue weighted by molar-refractivity contribution is 0.0564. The molecule has 0 aromatic heterocycles. The Balaban J connectivity index is 1.71. The van der Waals surface area contributed by atoms with E-state index in [9.17, 15) is 30.0 Å². The standard InChI is InChI=1S/C16H14O8S2/c17-9-1-3-13(19)11(5-9)15(21)23-7-25-26-8-24-16(22)12-6-10(18)2-4-14(12)20/h1-6,17-20H,7-8H2. The summed E-state index contributed by atoms with van der Waals surface area (Å²) in [5, 5.41) is 37.7. The number of hydrogen-bond donors (Lipinski definition) is 4. The van der Waals surface area contributed by atoms with Gasteiger partial charge >= 0.3 is 11.9 Å². The molecular formula is C16H14O8S2. The SMILES string of the molecule is O=C(OCSSCOC(=O)c1cc(O)ccc1O)c1cc(O)ccc1O. The molecule has 0 aliphatic rings. The van der Waals surface area contributed by atoms with E-state index in [1.807, 2.05) is 0 Å². The van der Waals surface area contributed by atoms with Crippen molar-refractivity contribution < 1.29 is 39.5 Å². The van der Waals surface area contributed by atoms with Crippen molar-refractivity contribution in [2.75, 3.05) is 11.9 Å². The third-order valence-electron chi connectivity index (χ3n) is 2.96. The Morgan fingerprint density at radius 2 is 1.12 bits per heavy atom. The van der Waals surface area contributed by atoms with Crippen molar-refractivity contribution in [1.82, 2.24) is 0 Å². The molecular weight excluding hydrogens is 384 g/mol. The zero-order valence-corrected chi connectivity index (χ0v) is 14.7. The summed E-state index contributed by atoms with van der Waals surface area (Å²) in [6.07, 6.45) is 0. The summed E-state index contributed by atoms with van der Waals surface area (Å²) in [7, 11) is 2.14. The first kappa shape index (κ1) is 19.6. The van der Waals surface area contributed by atoms with E-state index in [4.69, 9.17) is 9.47 Å². The Morgan fingerprint density at radius 1 is 0.731 bits per heavy atom. The molecule has 0 spiro atoms. The largest absolute Gasteiger partial charge is 0.508 e. The third-order valence-corrected chi connectivity index (χ3v) is 4.63. The molecule has 0 saturated heterocycles. The summed E-state index contributed by atoms with van der Waals surface area (Å²) in [5.41, 5.74) is -0.331. The molecule has 0 bridgehead atoms. The van der Waals surface area contributed by atoms with Crippen LogP contribution in [0.1, 0.15) is 20.7 Å². The molecule has 10 heteroatoms. The maximum absolute atomic E-state index is 11.8. The van der Waals surface area contributed by atoms with E-state index in [0.29, 0.717) is 0 Å². The second-order valence-electron chi connectivity index (χ2n) is 4.74. The first-order chi connectivity index (χ1) is 12.4. The molecule has 0 aliphatic carbocycles. The van der Waals surface area contributed by atoms with E-state index >= 15 is 0 Å². The van der Waals surface area contributed by atoms with Crippen molar-refractivity contribution in [3.8, 4) is 23.0 Å². The number of aromatic hydroxyl groups is 4. The minimum absolute atomic E-state index is 0.0898. The Kier molecular flexibility index (Phi) is 6.87. The maximum Gasteiger partial charge on any atom is 0.342 e. The van der Waals surface area contributed by atoms with Crippen LogP contribution < -0.4 is 0 Å². The fraction of sp³-hybridized carbons (Fsp3) is 0.125. The number of carbonyl (C=O) groups is 2. The van der Waals surface area contributed by atoms with Crippen molar-refractivity contribution in [2.45, 2.75) is 0 Å². The fourth-order valence-corrected chi connectivity index (χ4v) is 2.90. The summed E-state index contributed by atoms with van der Waals surface area (Å²) in [6.45, 7) is 0. The molecule has 0 atom stereocenters. The van der Waals surface area contributed by atoms with Crippen LogP contribution in [0.2, 0.25) is 0 Å². The van der Waals surface area contributed by atoms with E-state index in [-0.39, 0.29) is 46.0 Å². The molecule has 2 aromatic carbocycles. The molecule has 138 valence electrons. The molecule has 0 fully saturated rings. The first-order valence-electron chi connectivity index (χ1n) is 7.01. The normalized spacial score (nSPS) is 10.3. The Hall–Kier alpha value is -2.72. The Bertz CT molecular complexity index is 741. The highest BCUT2D eigenvalue weighted by Crippen LogP contribution is 2.27. The van der Waals surface area contributed by atoms with Gasteiger partial charge in [0.1, 0.15) is 46.0 Å². The summed E-state index contributed by atoms with van der Waals surface area (Å²) < 4.78 is 9.82. The predicted octanol–water partition coefficient (Wildman–Crippen LogP) is 2.82. The van der Waals surface area contributed by atoms with E-state index in [0.717, 1.165) is 33.7 Å². The highest BCUT2D eigenvalue weighted by molar-refractivity contribution is 8.76. The maximum atomic E-state index is 11.8. The molecule has 26 heavy (non-hydrogen) atoms. The van der Waals surface area contributed by atoms with Crippen LogP contribution in [-0.2, 0) is 9.47 Å². The number of esters is 2. The van der Waals surface area contributed by atoms with Crippen molar-refractivity contribution in [3.63, 3.8) is 0 Å². The van der Waals surface area contributed by atoms with Gasteiger partial charge in [0.05, 0.1) is 0 Å². The van der Waals surface area contributed by atoms with Gasteiger partial charge in [-0.25, -0.2) is 9.59 Å². The second-order valence-corrected chi connectivity index (χ2v) is 7.09. The van der Waals surface area contributed by atoms with Crippen molar-refractivity contribution in [1.29, 1.82) is 0 Å². The van der Waals surface area contributed by atoms with Gasteiger partial charge in [0.15, 0.2) is 0 Å². The highest BCUT2D eigenvalue weighted by atomic mass is 33.1. The predicted molar refractivity (Wildman–Crippen MR) is 95.3 cm³/mol. The van der Waals surface area contributed by atoms with E-state index in [1.54, 1.807) is 0 Å². The third kappa shape index (κ3) is 5.39. The molecule has 0 radical (unpaired) electrons. The number of phenolic OH excluding ortho intramolecular Hbond substituents is 4. The second kappa shape index (κ2) is 9.11. The number of hydrogen-bond acceptors (Lipinski definition) is 10. The van der Waals surface area contributed by atoms with E-state index in [1.165, 1.54) is 24.3 Å². The molecule has 2 aromatic rings. The Morgan fingerprint density at radius 3 is 1.50 bits per heavy atom. The number of carbonyl (C=O) groups excluding carboxylic acids is 2. The molecule has 0 amide bonds. The van der Waals surface area contributed by atoms with Gasteiger partial charge in [0, 0.05) is 0 Å². The average molecular weight is 398 g/mol. The fourth-order valence-electron chi connectivity index (χ4n) is 1.75. The lowest BCUT2D eigenvalue weighted by Gasteiger charge is -2.07. The number of ether oxygens (including phenoxy) is 2. The summed E-state index contributed by atoms with van der Waals surface area (Å²) in [6, 6.07) is 6.97. The van der Waals surface area contributed by atoms with Crippen LogP contribution in [-0.4, -0.2) is 44.2 Å². The van der Waals surface area contributed by atoms with Crippen LogP contribution in [0.15, 0.2) is 36.4 Å². The molecule has 8 nitrogen and oxygen atoms in total. The quantitative estimate of drug-likeness (QED) is 0.181. The van der Waals surface area contributed by atoms with Gasteiger partial charge in [-0.05, 0) is 58.0 Å². The van der Waals surface area contributed by atoms with Crippen molar-refractivity contribution >= 4 is 33.5 Å². The van der Waals surface area contributed by atoms with Gasteiger partial charge < -0.3 is 29.9 Å². The van der Waals surface area contributed by atoms with Crippen LogP contribution in [0.25, 0.3) is 0 Å².